The zero-order valence-electron chi connectivity index (χ0n) is 16.9. The maximum atomic E-state index is 14.3. The summed E-state index contributed by atoms with van der Waals surface area (Å²) in [6, 6.07) is 11.2. The third kappa shape index (κ3) is 5.96. The number of benzene rings is 2. The molecule has 1 amide bonds. The van der Waals surface area contributed by atoms with Gasteiger partial charge in [0.25, 0.3) is 0 Å². The highest BCUT2D eigenvalue weighted by Crippen LogP contribution is 2.36. The molecule has 0 radical (unpaired) electrons. The molecule has 0 fully saturated rings. The van der Waals surface area contributed by atoms with Gasteiger partial charge in [0, 0.05) is 18.8 Å². The first-order chi connectivity index (χ1) is 15.0. The number of carbonyl (C=O) groups excluding carboxylic acids is 1. The Morgan fingerprint density at radius 3 is 2.68 bits per heavy atom. The van der Waals surface area contributed by atoms with Crippen molar-refractivity contribution in [2.24, 2.45) is 0 Å². The van der Waals surface area contributed by atoms with Crippen molar-refractivity contribution in [1.82, 2.24) is 10.3 Å². The Bertz CT molecular complexity index is 1090. The van der Waals surface area contributed by atoms with Gasteiger partial charge in [-0.15, -0.1) is 0 Å². The van der Waals surface area contributed by atoms with E-state index in [-0.39, 0.29) is 18.2 Å². The number of carbonyl (C=O) groups is 1. The largest absolute Gasteiger partial charge is 0.493 e. The van der Waals surface area contributed by atoms with E-state index >= 15 is 0 Å². The van der Waals surface area contributed by atoms with Gasteiger partial charge in [-0.3, -0.25) is 9.78 Å². The highest BCUT2D eigenvalue weighted by atomic mass is 35.5. The molecule has 0 aliphatic rings. The summed E-state index contributed by atoms with van der Waals surface area (Å²) in [7, 11) is 2.99. The molecular formula is C23H20ClFN2O4. The SMILES string of the molecule is COc1cc(/C=C/C(=O)NCc2ccc(Oc3cccnc3)c(F)c2)cc(Cl)c1OC. The van der Waals surface area contributed by atoms with Crippen molar-refractivity contribution >= 4 is 23.6 Å². The summed E-state index contributed by atoms with van der Waals surface area (Å²) in [5.74, 6) is 0.507. The van der Waals surface area contributed by atoms with Crippen LogP contribution in [0.3, 0.4) is 0 Å². The number of halogens is 2. The van der Waals surface area contributed by atoms with Gasteiger partial charge in [0.1, 0.15) is 5.75 Å². The van der Waals surface area contributed by atoms with Crippen LogP contribution in [-0.4, -0.2) is 25.1 Å². The Labute approximate surface area is 184 Å². The summed E-state index contributed by atoms with van der Waals surface area (Å²) >= 11 is 6.16. The minimum absolute atomic E-state index is 0.0771. The fourth-order valence-corrected chi connectivity index (χ4v) is 3.02. The molecule has 0 atom stereocenters. The Morgan fingerprint density at radius 2 is 2.00 bits per heavy atom. The molecule has 0 aliphatic carbocycles. The smallest absolute Gasteiger partial charge is 0.244 e. The number of methoxy groups -OCH3 is 2. The van der Waals surface area contributed by atoms with Crippen LogP contribution >= 0.6 is 11.6 Å². The normalized spacial score (nSPS) is 10.7. The predicted molar refractivity (Wildman–Crippen MR) is 116 cm³/mol. The quantitative estimate of drug-likeness (QED) is 0.496. The second-order valence-corrected chi connectivity index (χ2v) is 6.75. The van der Waals surface area contributed by atoms with Crippen LogP contribution in [0.5, 0.6) is 23.0 Å². The summed E-state index contributed by atoms with van der Waals surface area (Å²) < 4.78 is 30.2. The fraction of sp³-hybridized carbons (Fsp3) is 0.130. The molecule has 1 N–H and O–H groups in total. The standard InChI is InChI=1S/C23H20ClFN2O4/c1-29-21-12-15(10-18(24)23(21)30-2)6-8-22(28)27-13-16-5-7-20(19(25)11-16)31-17-4-3-9-26-14-17/h3-12,14H,13H2,1-2H3,(H,27,28)/b8-6+. The number of amides is 1. The second kappa shape index (κ2) is 10.4. The molecule has 0 saturated carbocycles. The molecule has 0 aliphatic heterocycles. The Hall–Kier alpha value is -3.58. The van der Waals surface area contributed by atoms with E-state index < -0.39 is 5.82 Å². The highest BCUT2D eigenvalue weighted by Gasteiger charge is 2.10. The van der Waals surface area contributed by atoms with Crippen molar-refractivity contribution < 1.29 is 23.4 Å². The summed E-state index contributed by atoms with van der Waals surface area (Å²) in [4.78, 5) is 16.1. The molecule has 0 unspecified atom stereocenters. The number of nitrogens with one attached hydrogen (secondary N) is 1. The number of hydrogen-bond donors (Lipinski definition) is 1. The Kier molecular flexibility index (Phi) is 7.45. The third-order valence-corrected chi connectivity index (χ3v) is 4.49. The number of hydrogen-bond acceptors (Lipinski definition) is 5. The minimum Gasteiger partial charge on any atom is -0.493 e. The van der Waals surface area contributed by atoms with E-state index in [2.05, 4.69) is 10.3 Å². The number of pyridine rings is 1. The van der Waals surface area contributed by atoms with E-state index in [1.807, 2.05) is 0 Å². The molecule has 8 heteroatoms. The second-order valence-electron chi connectivity index (χ2n) is 6.34. The average molecular weight is 443 g/mol. The van der Waals surface area contributed by atoms with Crippen LogP contribution in [0, 0.1) is 5.82 Å². The van der Waals surface area contributed by atoms with Gasteiger partial charge in [-0.25, -0.2) is 4.39 Å². The number of aromatic nitrogens is 1. The first-order valence-electron chi connectivity index (χ1n) is 9.24. The lowest BCUT2D eigenvalue weighted by atomic mass is 10.1. The van der Waals surface area contributed by atoms with Gasteiger partial charge >= 0.3 is 0 Å². The van der Waals surface area contributed by atoms with E-state index in [0.717, 1.165) is 0 Å². The summed E-state index contributed by atoms with van der Waals surface area (Å²) in [5.41, 5.74) is 1.26. The molecular weight excluding hydrogens is 423 g/mol. The summed E-state index contributed by atoms with van der Waals surface area (Å²) in [6.07, 6.45) is 6.04. The van der Waals surface area contributed by atoms with Gasteiger partial charge in [0.2, 0.25) is 5.91 Å². The van der Waals surface area contributed by atoms with E-state index in [0.29, 0.717) is 33.4 Å². The van der Waals surface area contributed by atoms with E-state index in [9.17, 15) is 9.18 Å². The summed E-state index contributed by atoms with van der Waals surface area (Å²) in [5, 5.41) is 3.07. The molecule has 1 heterocycles. The predicted octanol–water partition coefficient (Wildman–Crippen LogP) is 5.01. The van der Waals surface area contributed by atoms with Gasteiger partial charge in [-0.05, 0) is 53.6 Å². The number of rotatable bonds is 8. The van der Waals surface area contributed by atoms with Crippen LogP contribution in [0.2, 0.25) is 5.02 Å². The van der Waals surface area contributed by atoms with Crippen molar-refractivity contribution in [2.75, 3.05) is 14.2 Å². The maximum absolute atomic E-state index is 14.3. The average Bonchev–Trinajstić information content (AvgIpc) is 2.78. The van der Waals surface area contributed by atoms with Crippen LogP contribution in [0.1, 0.15) is 11.1 Å². The van der Waals surface area contributed by atoms with Crippen molar-refractivity contribution in [3.63, 3.8) is 0 Å². The lowest BCUT2D eigenvalue weighted by molar-refractivity contribution is -0.116. The monoisotopic (exact) mass is 442 g/mol. The highest BCUT2D eigenvalue weighted by molar-refractivity contribution is 6.32. The van der Waals surface area contributed by atoms with Crippen LogP contribution in [0.25, 0.3) is 6.08 Å². The molecule has 0 spiro atoms. The minimum atomic E-state index is -0.536. The molecule has 1 aromatic heterocycles. The first kappa shape index (κ1) is 22.1. The summed E-state index contributed by atoms with van der Waals surface area (Å²) in [6.45, 7) is 0.153. The molecule has 3 aromatic rings. The van der Waals surface area contributed by atoms with Gasteiger partial charge < -0.3 is 19.5 Å². The van der Waals surface area contributed by atoms with Crippen LogP contribution in [0.4, 0.5) is 4.39 Å². The molecule has 31 heavy (non-hydrogen) atoms. The van der Waals surface area contributed by atoms with Crippen LogP contribution < -0.4 is 19.5 Å². The molecule has 160 valence electrons. The first-order valence-corrected chi connectivity index (χ1v) is 9.61. The van der Waals surface area contributed by atoms with E-state index in [4.69, 9.17) is 25.8 Å². The lowest BCUT2D eigenvalue weighted by Crippen LogP contribution is -2.20. The topological polar surface area (TPSA) is 69.7 Å². The van der Waals surface area contributed by atoms with Crippen molar-refractivity contribution in [1.29, 1.82) is 0 Å². The third-order valence-electron chi connectivity index (χ3n) is 4.21. The molecule has 3 rings (SSSR count). The maximum Gasteiger partial charge on any atom is 0.244 e. The molecule has 0 bridgehead atoms. The zero-order chi connectivity index (χ0) is 22.2. The molecule has 0 saturated heterocycles. The van der Waals surface area contributed by atoms with E-state index in [1.54, 1.807) is 42.6 Å². The van der Waals surface area contributed by atoms with E-state index in [1.165, 1.54) is 38.6 Å². The Balaban J connectivity index is 1.59. The van der Waals surface area contributed by atoms with Gasteiger partial charge in [-0.1, -0.05) is 17.7 Å². The number of nitrogens with zero attached hydrogens (tertiary/aromatic N) is 1. The Morgan fingerprint density at radius 1 is 1.16 bits per heavy atom. The van der Waals surface area contributed by atoms with Gasteiger partial charge in [-0.2, -0.15) is 0 Å². The van der Waals surface area contributed by atoms with Crippen molar-refractivity contribution in [3.05, 3.63) is 82.9 Å². The molecule has 6 nitrogen and oxygen atoms in total. The lowest BCUT2D eigenvalue weighted by Gasteiger charge is -2.10. The van der Waals surface area contributed by atoms with Crippen molar-refractivity contribution in [3.8, 4) is 23.0 Å². The van der Waals surface area contributed by atoms with Crippen LogP contribution in [0.15, 0.2) is 60.9 Å². The van der Waals surface area contributed by atoms with Gasteiger partial charge in [0.05, 0.1) is 25.4 Å². The fourth-order valence-electron chi connectivity index (χ4n) is 2.73. The van der Waals surface area contributed by atoms with Gasteiger partial charge in [0.15, 0.2) is 23.1 Å². The molecule has 2 aromatic carbocycles. The van der Waals surface area contributed by atoms with Crippen molar-refractivity contribution in [2.45, 2.75) is 6.54 Å². The number of ether oxygens (including phenoxy) is 3. The van der Waals surface area contributed by atoms with Crippen LogP contribution in [-0.2, 0) is 11.3 Å². The zero-order valence-corrected chi connectivity index (χ0v) is 17.7.